The van der Waals surface area contributed by atoms with Crippen LogP contribution in [0.1, 0.15) is 17.8 Å². The quantitative estimate of drug-likeness (QED) is 0.787. The van der Waals surface area contributed by atoms with E-state index in [4.69, 9.17) is 0 Å². The van der Waals surface area contributed by atoms with Gasteiger partial charge in [-0.1, -0.05) is 0 Å². The van der Waals surface area contributed by atoms with Gasteiger partial charge in [0.1, 0.15) is 5.82 Å². The number of rotatable bonds is 5. The number of carbonyl (C=O) groups excluding carboxylic acids is 1. The van der Waals surface area contributed by atoms with Crippen molar-refractivity contribution in [1.82, 2.24) is 14.5 Å². The summed E-state index contributed by atoms with van der Waals surface area (Å²) in [6, 6.07) is 5.71. The van der Waals surface area contributed by atoms with Gasteiger partial charge >= 0.3 is 0 Å². The number of aromatic nitrogens is 3. The molecule has 0 spiro atoms. The molecule has 0 saturated carbocycles. The number of amides is 1. The van der Waals surface area contributed by atoms with Gasteiger partial charge in [-0.3, -0.25) is 9.36 Å². The van der Waals surface area contributed by atoms with Gasteiger partial charge in [-0.25, -0.2) is 9.97 Å². The first kappa shape index (κ1) is 14.5. The van der Waals surface area contributed by atoms with Crippen LogP contribution in [0.4, 0.5) is 5.69 Å². The molecule has 3 aromatic rings. The van der Waals surface area contributed by atoms with Gasteiger partial charge in [-0.2, -0.15) is 11.3 Å². The van der Waals surface area contributed by atoms with Crippen LogP contribution >= 0.6 is 11.3 Å². The molecule has 0 saturated heterocycles. The Hall–Kier alpha value is -2.47. The van der Waals surface area contributed by atoms with E-state index < -0.39 is 0 Å². The Balaban J connectivity index is 1.72. The third-order valence-corrected chi connectivity index (χ3v) is 4.07. The summed E-state index contributed by atoms with van der Waals surface area (Å²) >= 11 is 1.65. The SMILES string of the molecule is Cc1nccn1-c1ncccc1NC(=O)CCc1ccsc1. The van der Waals surface area contributed by atoms with Crippen molar-refractivity contribution in [2.45, 2.75) is 19.8 Å². The Bertz CT molecular complexity index is 764. The van der Waals surface area contributed by atoms with Gasteiger partial charge in [0.05, 0.1) is 5.69 Å². The molecule has 0 aliphatic carbocycles. The molecule has 3 aromatic heterocycles. The Kier molecular flexibility index (Phi) is 4.29. The lowest BCUT2D eigenvalue weighted by Crippen LogP contribution is -2.15. The minimum Gasteiger partial charge on any atom is -0.323 e. The second kappa shape index (κ2) is 6.53. The maximum Gasteiger partial charge on any atom is 0.224 e. The van der Waals surface area contributed by atoms with Crippen LogP contribution in [0.15, 0.2) is 47.5 Å². The fraction of sp³-hybridized carbons (Fsp3) is 0.188. The molecule has 0 unspecified atom stereocenters. The summed E-state index contributed by atoms with van der Waals surface area (Å²) in [5.74, 6) is 1.49. The lowest BCUT2D eigenvalue weighted by Gasteiger charge is -2.11. The number of imidazole rings is 1. The van der Waals surface area contributed by atoms with E-state index in [2.05, 4.69) is 20.7 Å². The van der Waals surface area contributed by atoms with Crippen LogP contribution in [0.2, 0.25) is 0 Å². The largest absolute Gasteiger partial charge is 0.323 e. The zero-order valence-electron chi connectivity index (χ0n) is 12.2. The van der Waals surface area contributed by atoms with Gasteiger partial charge in [0.2, 0.25) is 5.91 Å². The molecular weight excluding hydrogens is 296 g/mol. The molecule has 3 heterocycles. The molecule has 112 valence electrons. The van der Waals surface area contributed by atoms with E-state index in [0.717, 1.165) is 12.2 Å². The standard InChI is InChI=1S/C16H16N4OS/c1-12-17-8-9-20(12)16-14(3-2-7-18-16)19-15(21)5-4-13-6-10-22-11-13/h2-3,6-11H,4-5H2,1H3,(H,19,21). The topological polar surface area (TPSA) is 59.8 Å². The van der Waals surface area contributed by atoms with Gasteiger partial charge in [-0.05, 0) is 47.9 Å². The van der Waals surface area contributed by atoms with E-state index in [0.29, 0.717) is 17.9 Å². The molecule has 0 aromatic carbocycles. The Morgan fingerprint density at radius 1 is 1.32 bits per heavy atom. The molecule has 0 radical (unpaired) electrons. The highest BCUT2D eigenvalue weighted by molar-refractivity contribution is 7.07. The normalized spacial score (nSPS) is 10.6. The summed E-state index contributed by atoms with van der Waals surface area (Å²) in [5.41, 5.74) is 1.89. The molecule has 22 heavy (non-hydrogen) atoms. The van der Waals surface area contributed by atoms with E-state index in [-0.39, 0.29) is 5.91 Å². The van der Waals surface area contributed by atoms with Gasteiger partial charge in [0.15, 0.2) is 5.82 Å². The first-order valence-electron chi connectivity index (χ1n) is 7.00. The van der Waals surface area contributed by atoms with Crippen molar-refractivity contribution in [2.24, 2.45) is 0 Å². The maximum atomic E-state index is 12.2. The molecule has 1 amide bonds. The molecule has 0 aliphatic rings. The van der Waals surface area contributed by atoms with Crippen LogP contribution in [-0.4, -0.2) is 20.4 Å². The summed E-state index contributed by atoms with van der Waals surface area (Å²) in [6.45, 7) is 1.90. The maximum absolute atomic E-state index is 12.2. The minimum atomic E-state index is -0.0155. The van der Waals surface area contributed by atoms with Crippen LogP contribution in [-0.2, 0) is 11.2 Å². The van der Waals surface area contributed by atoms with Crippen molar-refractivity contribution < 1.29 is 4.79 Å². The molecule has 1 N–H and O–H groups in total. The smallest absolute Gasteiger partial charge is 0.224 e. The fourth-order valence-electron chi connectivity index (χ4n) is 2.19. The predicted octanol–water partition coefficient (Wildman–Crippen LogP) is 3.21. The van der Waals surface area contributed by atoms with E-state index in [1.54, 1.807) is 23.7 Å². The Morgan fingerprint density at radius 3 is 2.95 bits per heavy atom. The highest BCUT2D eigenvalue weighted by Gasteiger charge is 2.11. The van der Waals surface area contributed by atoms with Crippen LogP contribution in [0.5, 0.6) is 0 Å². The lowest BCUT2D eigenvalue weighted by molar-refractivity contribution is -0.116. The first-order chi connectivity index (χ1) is 10.7. The van der Waals surface area contributed by atoms with E-state index >= 15 is 0 Å². The van der Waals surface area contributed by atoms with Gasteiger partial charge in [0.25, 0.3) is 0 Å². The first-order valence-corrected chi connectivity index (χ1v) is 7.94. The Labute approximate surface area is 132 Å². The zero-order chi connectivity index (χ0) is 15.4. The third kappa shape index (κ3) is 3.23. The number of thiophene rings is 1. The van der Waals surface area contributed by atoms with Crippen molar-refractivity contribution in [3.05, 3.63) is 58.9 Å². The Morgan fingerprint density at radius 2 is 2.23 bits per heavy atom. The fourth-order valence-corrected chi connectivity index (χ4v) is 2.90. The predicted molar refractivity (Wildman–Crippen MR) is 87.4 cm³/mol. The summed E-state index contributed by atoms with van der Waals surface area (Å²) < 4.78 is 1.86. The molecule has 3 rings (SSSR count). The number of nitrogens with zero attached hydrogens (tertiary/aromatic N) is 3. The number of pyridine rings is 1. The molecule has 0 atom stereocenters. The zero-order valence-corrected chi connectivity index (χ0v) is 13.0. The van der Waals surface area contributed by atoms with Crippen molar-refractivity contribution in [1.29, 1.82) is 0 Å². The molecule has 0 bridgehead atoms. The van der Waals surface area contributed by atoms with Crippen molar-refractivity contribution in [3.63, 3.8) is 0 Å². The van der Waals surface area contributed by atoms with Crippen LogP contribution in [0.3, 0.4) is 0 Å². The minimum absolute atomic E-state index is 0.0155. The van der Waals surface area contributed by atoms with E-state index in [1.165, 1.54) is 5.56 Å². The van der Waals surface area contributed by atoms with Gasteiger partial charge in [-0.15, -0.1) is 0 Å². The second-order valence-corrected chi connectivity index (χ2v) is 5.68. The highest BCUT2D eigenvalue weighted by atomic mass is 32.1. The summed E-state index contributed by atoms with van der Waals surface area (Å²) in [4.78, 5) is 20.7. The van der Waals surface area contributed by atoms with Crippen molar-refractivity contribution in [3.8, 4) is 5.82 Å². The summed E-state index contributed by atoms with van der Waals surface area (Å²) in [7, 11) is 0. The number of hydrogen-bond donors (Lipinski definition) is 1. The number of aryl methyl sites for hydroxylation is 2. The number of nitrogens with one attached hydrogen (secondary N) is 1. The van der Waals surface area contributed by atoms with Crippen molar-refractivity contribution in [2.75, 3.05) is 5.32 Å². The van der Waals surface area contributed by atoms with Crippen LogP contribution in [0, 0.1) is 6.92 Å². The van der Waals surface area contributed by atoms with Gasteiger partial charge in [0, 0.05) is 25.0 Å². The van der Waals surface area contributed by atoms with Crippen LogP contribution in [0.25, 0.3) is 5.82 Å². The lowest BCUT2D eigenvalue weighted by atomic mass is 10.2. The average molecular weight is 312 g/mol. The average Bonchev–Trinajstić information content (AvgIpc) is 3.17. The summed E-state index contributed by atoms with van der Waals surface area (Å²) in [5, 5.41) is 7.03. The van der Waals surface area contributed by atoms with E-state index in [1.807, 2.05) is 41.3 Å². The molecular formula is C16H16N4OS. The molecule has 0 aliphatic heterocycles. The number of carbonyl (C=O) groups is 1. The molecule has 6 heteroatoms. The highest BCUT2D eigenvalue weighted by Crippen LogP contribution is 2.19. The van der Waals surface area contributed by atoms with E-state index in [9.17, 15) is 4.79 Å². The molecule has 5 nitrogen and oxygen atoms in total. The number of anilines is 1. The second-order valence-electron chi connectivity index (χ2n) is 4.90. The monoisotopic (exact) mass is 312 g/mol. The van der Waals surface area contributed by atoms with Gasteiger partial charge < -0.3 is 5.32 Å². The van der Waals surface area contributed by atoms with Crippen molar-refractivity contribution >= 4 is 22.9 Å². The molecule has 0 fully saturated rings. The number of hydrogen-bond acceptors (Lipinski definition) is 4. The summed E-state index contributed by atoms with van der Waals surface area (Å²) in [6.07, 6.45) is 6.45. The third-order valence-electron chi connectivity index (χ3n) is 3.34. The van der Waals surface area contributed by atoms with Crippen LogP contribution < -0.4 is 5.32 Å².